The number of benzene rings is 2. The predicted octanol–water partition coefficient (Wildman–Crippen LogP) is 3.96. The summed E-state index contributed by atoms with van der Waals surface area (Å²) in [6.45, 7) is 3.42. The van der Waals surface area contributed by atoms with Gasteiger partial charge >= 0.3 is 0 Å². The topological polar surface area (TPSA) is 84.5 Å². The molecule has 1 saturated heterocycles. The van der Waals surface area contributed by atoms with Gasteiger partial charge in [-0.3, -0.25) is 13.8 Å². The summed E-state index contributed by atoms with van der Waals surface area (Å²) >= 11 is 0. The van der Waals surface area contributed by atoms with Crippen LogP contribution in [0.5, 0.6) is 0 Å². The van der Waals surface area contributed by atoms with Crippen molar-refractivity contribution in [2.24, 2.45) is 11.8 Å². The summed E-state index contributed by atoms with van der Waals surface area (Å²) in [5.74, 6) is 0.851. The van der Waals surface area contributed by atoms with Gasteiger partial charge in [-0.2, -0.15) is 0 Å². The molecule has 2 N–H and O–H groups in total. The molecule has 1 aliphatic heterocycles. The van der Waals surface area contributed by atoms with E-state index in [1.165, 1.54) is 0 Å². The van der Waals surface area contributed by atoms with Crippen LogP contribution in [0, 0.1) is 11.8 Å². The van der Waals surface area contributed by atoms with E-state index in [1.54, 1.807) is 24.3 Å². The molecule has 2 fully saturated rings. The molecular formula is C24H28N2O4S. The van der Waals surface area contributed by atoms with Gasteiger partial charge < -0.3 is 15.4 Å². The number of hydrogen-bond donors (Lipinski definition) is 2. The lowest BCUT2D eigenvalue weighted by molar-refractivity contribution is -0.117. The molecule has 0 bridgehead atoms. The molecule has 1 saturated carbocycles. The largest absolute Gasteiger partial charge is 0.381 e. The van der Waals surface area contributed by atoms with Gasteiger partial charge in [-0.15, -0.1) is 0 Å². The number of nitrogens with one attached hydrogen (secondary N) is 2. The predicted molar refractivity (Wildman–Crippen MR) is 122 cm³/mol. The minimum atomic E-state index is -0.951. The lowest BCUT2D eigenvalue weighted by Gasteiger charge is -2.21. The lowest BCUT2D eigenvalue weighted by Crippen LogP contribution is -2.25. The smallest absolute Gasteiger partial charge is 0.255 e. The summed E-state index contributed by atoms with van der Waals surface area (Å²) in [6, 6.07) is 14.4. The number of ether oxygens (including phenoxy) is 1. The number of anilines is 2. The second-order valence-electron chi connectivity index (χ2n) is 8.38. The van der Waals surface area contributed by atoms with E-state index < -0.39 is 10.8 Å². The maximum absolute atomic E-state index is 12.6. The van der Waals surface area contributed by atoms with Crippen LogP contribution in [0.25, 0.3) is 0 Å². The Morgan fingerprint density at radius 3 is 2.42 bits per heavy atom. The molecule has 0 spiro atoms. The zero-order valence-electron chi connectivity index (χ0n) is 17.6. The average Bonchev–Trinajstić information content (AvgIpc) is 3.52. The van der Waals surface area contributed by atoms with Gasteiger partial charge in [0.2, 0.25) is 5.91 Å². The highest BCUT2D eigenvalue weighted by Crippen LogP contribution is 2.38. The first-order valence-electron chi connectivity index (χ1n) is 10.8. The van der Waals surface area contributed by atoms with Crippen LogP contribution in [0.1, 0.15) is 42.1 Å². The first-order chi connectivity index (χ1) is 15.0. The van der Waals surface area contributed by atoms with Gasteiger partial charge in [0.25, 0.3) is 5.91 Å². The van der Waals surface area contributed by atoms with Crippen LogP contribution in [-0.2, 0) is 26.1 Å². The number of hydrogen-bond acceptors (Lipinski definition) is 4. The highest BCUT2D eigenvalue weighted by atomic mass is 32.2. The minimum Gasteiger partial charge on any atom is -0.381 e. The quantitative estimate of drug-likeness (QED) is 0.683. The first-order valence-corrected chi connectivity index (χ1v) is 12.1. The third-order valence-electron chi connectivity index (χ3n) is 5.89. The zero-order chi connectivity index (χ0) is 21.8. The Labute approximate surface area is 185 Å². The minimum absolute atomic E-state index is 0.0413. The fourth-order valence-corrected chi connectivity index (χ4v) is 5.25. The molecule has 0 aromatic heterocycles. The molecular weight excluding hydrogens is 412 g/mol. The molecule has 0 radical (unpaired) electrons. The van der Waals surface area contributed by atoms with Crippen LogP contribution in [-0.4, -0.2) is 34.5 Å². The molecule has 1 heterocycles. The first kappa shape index (κ1) is 21.7. The summed E-state index contributed by atoms with van der Waals surface area (Å²) < 4.78 is 18.0. The summed E-state index contributed by atoms with van der Waals surface area (Å²) in [5.41, 5.74) is 2.81. The molecule has 164 valence electrons. The van der Waals surface area contributed by atoms with Crippen molar-refractivity contribution in [1.29, 1.82) is 0 Å². The molecule has 2 aromatic carbocycles. The van der Waals surface area contributed by atoms with Gasteiger partial charge in [-0.05, 0) is 67.1 Å². The van der Waals surface area contributed by atoms with Crippen molar-refractivity contribution < 1.29 is 18.5 Å². The summed E-state index contributed by atoms with van der Waals surface area (Å²) in [5, 5.41) is 5.97. The van der Waals surface area contributed by atoms with Gasteiger partial charge in [-0.1, -0.05) is 19.1 Å². The van der Waals surface area contributed by atoms with E-state index in [2.05, 4.69) is 17.6 Å². The second kappa shape index (κ2) is 9.75. The second-order valence-corrected chi connectivity index (χ2v) is 10.1. The Bertz CT molecular complexity index is 970. The standard InChI is InChI=1S/C24H28N2O4S/c1-16-13-22(16)24(28)25-19-7-5-18(6-8-19)23(27)26-20-4-2-3-17(14-20)15-31(29)21-9-11-30-12-10-21/h2-8,14,16,21-22H,9-13,15H2,1H3,(H,25,28)(H,26,27). The van der Waals surface area contributed by atoms with Gasteiger partial charge in [0.05, 0.1) is 0 Å². The normalized spacial score (nSPS) is 21.8. The van der Waals surface area contributed by atoms with Crippen LogP contribution in [0.2, 0.25) is 0 Å². The highest BCUT2D eigenvalue weighted by Gasteiger charge is 2.39. The van der Waals surface area contributed by atoms with Gasteiger partial charge in [-0.25, -0.2) is 0 Å². The molecule has 7 heteroatoms. The molecule has 6 nitrogen and oxygen atoms in total. The van der Waals surface area contributed by atoms with Crippen molar-refractivity contribution >= 4 is 34.0 Å². The number of amides is 2. The molecule has 1 aliphatic carbocycles. The van der Waals surface area contributed by atoms with E-state index in [0.717, 1.165) is 24.8 Å². The van der Waals surface area contributed by atoms with Crippen molar-refractivity contribution in [2.45, 2.75) is 37.2 Å². The monoisotopic (exact) mass is 440 g/mol. The van der Waals surface area contributed by atoms with Crippen molar-refractivity contribution in [3.8, 4) is 0 Å². The van der Waals surface area contributed by atoms with Crippen molar-refractivity contribution in [2.75, 3.05) is 23.8 Å². The molecule has 2 amide bonds. The maximum atomic E-state index is 12.6. The Morgan fingerprint density at radius 1 is 1.03 bits per heavy atom. The van der Waals surface area contributed by atoms with Crippen LogP contribution >= 0.6 is 0 Å². The Hall–Kier alpha value is -2.51. The van der Waals surface area contributed by atoms with E-state index in [0.29, 0.717) is 41.8 Å². The average molecular weight is 441 g/mol. The van der Waals surface area contributed by atoms with Crippen LogP contribution < -0.4 is 10.6 Å². The van der Waals surface area contributed by atoms with Crippen molar-refractivity contribution in [1.82, 2.24) is 0 Å². The van der Waals surface area contributed by atoms with Crippen molar-refractivity contribution in [3.05, 3.63) is 59.7 Å². The number of carbonyl (C=O) groups excluding carboxylic acids is 2. The highest BCUT2D eigenvalue weighted by molar-refractivity contribution is 7.84. The SMILES string of the molecule is CC1CC1C(=O)Nc1ccc(C(=O)Nc2cccc(CS(=O)C3CCOCC3)c2)cc1. The third kappa shape index (κ3) is 5.80. The Morgan fingerprint density at radius 2 is 1.74 bits per heavy atom. The molecule has 3 atom stereocenters. The maximum Gasteiger partial charge on any atom is 0.255 e. The van der Waals surface area contributed by atoms with E-state index in [9.17, 15) is 13.8 Å². The van der Waals surface area contributed by atoms with E-state index >= 15 is 0 Å². The number of carbonyl (C=O) groups is 2. The Balaban J connectivity index is 1.33. The van der Waals surface area contributed by atoms with Gasteiger partial charge in [0, 0.05) is 57.9 Å². The van der Waals surface area contributed by atoms with Crippen molar-refractivity contribution in [3.63, 3.8) is 0 Å². The Kier molecular flexibility index (Phi) is 6.83. The van der Waals surface area contributed by atoms with E-state index in [1.807, 2.05) is 24.3 Å². The third-order valence-corrected chi connectivity index (χ3v) is 7.73. The molecule has 2 aliphatic rings. The van der Waals surface area contributed by atoms with Crippen LogP contribution in [0.15, 0.2) is 48.5 Å². The fraction of sp³-hybridized carbons (Fsp3) is 0.417. The lowest BCUT2D eigenvalue weighted by atomic mass is 10.1. The molecule has 2 aromatic rings. The molecule has 4 rings (SSSR count). The van der Waals surface area contributed by atoms with E-state index in [-0.39, 0.29) is 23.0 Å². The summed E-state index contributed by atoms with van der Waals surface area (Å²) in [7, 11) is -0.951. The number of rotatable bonds is 7. The fourth-order valence-electron chi connectivity index (χ4n) is 3.79. The molecule has 3 unspecified atom stereocenters. The van der Waals surface area contributed by atoms with Gasteiger partial charge in [0.1, 0.15) is 0 Å². The zero-order valence-corrected chi connectivity index (χ0v) is 18.5. The van der Waals surface area contributed by atoms with E-state index in [4.69, 9.17) is 4.74 Å². The van der Waals surface area contributed by atoms with Crippen LogP contribution in [0.4, 0.5) is 11.4 Å². The van der Waals surface area contributed by atoms with Gasteiger partial charge in [0.15, 0.2) is 0 Å². The summed E-state index contributed by atoms with van der Waals surface area (Å²) in [6.07, 6.45) is 2.60. The molecule has 31 heavy (non-hydrogen) atoms. The summed E-state index contributed by atoms with van der Waals surface area (Å²) in [4.78, 5) is 24.7. The van der Waals surface area contributed by atoms with Crippen LogP contribution in [0.3, 0.4) is 0 Å².